The van der Waals surface area contributed by atoms with E-state index in [2.05, 4.69) is 62.2 Å². The molecule has 1 aliphatic rings. The van der Waals surface area contributed by atoms with Crippen molar-refractivity contribution >= 4 is 5.69 Å². The quantitative estimate of drug-likeness (QED) is 0.846. The topological polar surface area (TPSA) is 15.3 Å². The molecule has 0 bridgehead atoms. The van der Waals surface area contributed by atoms with Crippen LogP contribution in [0.25, 0.3) is 0 Å². The molecule has 1 aromatic rings. The second-order valence-corrected chi connectivity index (χ2v) is 6.93. The zero-order valence-corrected chi connectivity index (χ0v) is 13.5. The molecule has 1 aromatic carbocycles. The Morgan fingerprint density at radius 3 is 2.40 bits per heavy atom. The normalized spacial score (nSPS) is 19.3. The molecular weight excluding hydrogens is 244 g/mol. The number of benzene rings is 1. The van der Waals surface area contributed by atoms with Crippen LogP contribution in [0.15, 0.2) is 24.3 Å². The molecule has 0 radical (unpaired) electrons. The van der Waals surface area contributed by atoms with Crippen molar-refractivity contribution in [3.63, 3.8) is 0 Å². The van der Waals surface area contributed by atoms with Gasteiger partial charge in [-0.1, -0.05) is 39.8 Å². The Morgan fingerprint density at radius 1 is 1.15 bits per heavy atom. The summed E-state index contributed by atoms with van der Waals surface area (Å²) in [5, 5.41) is 3.50. The number of nitrogens with one attached hydrogen (secondary N) is 1. The molecule has 1 saturated heterocycles. The molecule has 0 aromatic heterocycles. The van der Waals surface area contributed by atoms with Crippen LogP contribution in [0, 0.1) is 17.8 Å². The highest BCUT2D eigenvalue weighted by Gasteiger charge is 2.24. The Labute approximate surface area is 124 Å². The van der Waals surface area contributed by atoms with Crippen LogP contribution in [0.2, 0.25) is 0 Å². The van der Waals surface area contributed by atoms with E-state index < -0.39 is 0 Å². The van der Waals surface area contributed by atoms with E-state index in [0.29, 0.717) is 5.92 Å². The van der Waals surface area contributed by atoms with Gasteiger partial charge in [0.05, 0.1) is 0 Å². The molecule has 1 unspecified atom stereocenters. The average Bonchev–Trinajstić information content (AvgIpc) is 2.89. The van der Waals surface area contributed by atoms with Crippen molar-refractivity contribution in [3.8, 4) is 0 Å². The Morgan fingerprint density at radius 2 is 1.85 bits per heavy atom. The van der Waals surface area contributed by atoms with E-state index in [0.717, 1.165) is 24.9 Å². The molecule has 112 valence electrons. The predicted molar refractivity (Wildman–Crippen MR) is 88.1 cm³/mol. The van der Waals surface area contributed by atoms with Gasteiger partial charge in [-0.3, -0.25) is 0 Å². The lowest BCUT2D eigenvalue weighted by molar-refractivity contribution is 0.423. The van der Waals surface area contributed by atoms with Gasteiger partial charge in [0.25, 0.3) is 0 Å². The zero-order valence-electron chi connectivity index (χ0n) is 13.5. The van der Waals surface area contributed by atoms with Gasteiger partial charge in [-0.2, -0.15) is 0 Å². The summed E-state index contributed by atoms with van der Waals surface area (Å²) in [6.45, 7) is 13.7. The van der Waals surface area contributed by atoms with Crippen molar-refractivity contribution in [2.24, 2.45) is 17.8 Å². The van der Waals surface area contributed by atoms with Gasteiger partial charge >= 0.3 is 0 Å². The largest absolute Gasteiger partial charge is 0.371 e. The molecule has 20 heavy (non-hydrogen) atoms. The minimum Gasteiger partial charge on any atom is -0.371 e. The monoisotopic (exact) mass is 274 g/mol. The molecule has 2 nitrogen and oxygen atoms in total. The second-order valence-electron chi connectivity index (χ2n) is 6.93. The maximum atomic E-state index is 3.50. The molecule has 1 heterocycles. The van der Waals surface area contributed by atoms with E-state index in [9.17, 15) is 0 Å². The smallest absolute Gasteiger partial charge is 0.0366 e. The van der Waals surface area contributed by atoms with Crippen molar-refractivity contribution in [1.82, 2.24) is 5.32 Å². The van der Waals surface area contributed by atoms with Gasteiger partial charge in [0.15, 0.2) is 0 Å². The summed E-state index contributed by atoms with van der Waals surface area (Å²) >= 11 is 0. The molecule has 1 atom stereocenters. The number of rotatable bonds is 6. The SMILES string of the molecule is CC(C)CNCc1ccc(N2CCC(C(C)C)C2)cc1. The van der Waals surface area contributed by atoms with Crippen LogP contribution in [0.5, 0.6) is 0 Å². The van der Waals surface area contributed by atoms with Crippen LogP contribution in [-0.2, 0) is 6.54 Å². The third-order valence-electron chi connectivity index (χ3n) is 4.35. The van der Waals surface area contributed by atoms with Crippen molar-refractivity contribution < 1.29 is 0 Å². The highest BCUT2D eigenvalue weighted by Crippen LogP contribution is 2.28. The van der Waals surface area contributed by atoms with Crippen LogP contribution in [0.1, 0.15) is 39.7 Å². The molecule has 1 fully saturated rings. The lowest BCUT2D eigenvalue weighted by Gasteiger charge is -2.20. The predicted octanol–water partition coefficient (Wildman–Crippen LogP) is 3.91. The molecule has 1 aliphatic heterocycles. The van der Waals surface area contributed by atoms with Crippen LogP contribution >= 0.6 is 0 Å². The molecule has 0 saturated carbocycles. The van der Waals surface area contributed by atoms with Gasteiger partial charge < -0.3 is 10.2 Å². The third kappa shape index (κ3) is 4.24. The summed E-state index contributed by atoms with van der Waals surface area (Å²) in [4.78, 5) is 2.54. The number of anilines is 1. The minimum atomic E-state index is 0.715. The van der Waals surface area contributed by atoms with Gasteiger partial charge in [0.2, 0.25) is 0 Å². The van der Waals surface area contributed by atoms with Crippen molar-refractivity contribution in [2.45, 2.75) is 40.7 Å². The fourth-order valence-electron chi connectivity index (χ4n) is 2.90. The van der Waals surface area contributed by atoms with Crippen LogP contribution < -0.4 is 10.2 Å². The van der Waals surface area contributed by atoms with Crippen LogP contribution in [-0.4, -0.2) is 19.6 Å². The Balaban J connectivity index is 1.85. The second kappa shape index (κ2) is 7.12. The van der Waals surface area contributed by atoms with E-state index in [4.69, 9.17) is 0 Å². The van der Waals surface area contributed by atoms with Gasteiger partial charge in [-0.15, -0.1) is 0 Å². The summed E-state index contributed by atoms with van der Waals surface area (Å²) < 4.78 is 0. The molecule has 2 heteroatoms. The van der Waals surface area contributed by atoms with Gasteiger partial charge in [0, 0.05) is 25.3 Å². The van der Waals surface area contributed by atoms with E-state index in [1.807, 2.05) is 0 Å². The molecule has 0 amide bonds. The first-order chi connectivity index (χ1) is 9.56. The Kier molecular flexibility index (Phi) is 5.47. The average molecular weight is 274 g/mol. The summed E-state index contributed by atoms with van der Waals surface area (Å²) in [5.74, 6) is 2.38. The van der Waals surface area contributed by atoms with E-state index in [-0.39, 0.29) is 0 Å². The van der Waals surface area contributed by atoms with Gasteiger partial charge in [0.1, 0.15) is 0 Å². The van der Waals surface area contributed by atoms with E-state index in [1.54, 1.807) is 0 Å². The van der Waals surface area contributed by atoms with Crippen molar-refractivity contribution in [1.29, 1.82) is 0 Å². The zero-order chi connectivity index (χ0) is 14.5. The fraction of sp³-hybridized carbons (Fsp3) is 0.667. The summed E-state index contributed by atoms with van der Waals surface area (Å²) in [5.41, 5.74) is 2.77. The minimum absolute atomic E-state index is 0.715. The van der Waals surface area contributed by atoms with Crippen molar-refractivity contribution in [3.05, 3.63) is 29.8 Å². The molecule has 0 aliphatic carbocycles. The molecule has 1 N–H and O–H groups in total. The van der Waals surface area contributed by atoms with Crippen molar-refractivity contribution in [2.75, 3.05) is 24.5 Å². The first-order valence-electron chi connectivity index (χ1n) is 8.11. The maximum Gasteiger partial charge on any atom is 0.0366 e. The van der Waals surface area contributed by atoms with E-state index in [1.165, 1.54) is 30.8 Å². The number of hydrogen-bond donors (Lipinski definition) is 1. The fourth-order valence-corrected chi connectivity index (χ4v) is 2.90. The molecule has 0 spiro atoms. The lowest BCUT2D eigenvalue weighted by Crippen LogP contribution is -2.21. The lowest BCUT2D eigenvalue weighted by atomic mass is 9.95. The Hall–Kier alpha value is -1.02. The first kappa shape index (κ1) is 15.4. The Bertz CT molecular complexity index is 394. The highest BCUT2D eigenvalue weighted by atomic mass is 15.1. The van der Waals surface area contributed by atoms with E-state index >= 15 is 0 Å². The summed E-state index contributed by atoms with van der Waals surface area (Å²) in [6.07, 6.45) is 1.34. The standard InChI is InChI=1S/C18H30N2/c1-14(2)11-19-12-16-5-7-18(8-6-16)20-10-9-17(13-20)15(3)4/h5-8,14-15,17,19H,9-13H2,1-4H3. The number of hydrogen-bond acceptors (Lipinski definition) is 2. The first-order valence-corrected chi connectivity index (χ1v) is 8.11. The summed E-state index contributed by atoms with van der Waals surface area (Å²) in [6, 6.07) is 9.11. The third-order valence-corrected chi connectivity index (χ3v) is 4.35. The van der Waals surface area contributed by atoms with Crippen LogP contribution in [0.4, 0.5) is 5.69 Å². The van der Waals surface area contributed by atoms with Gasteiger partial charge in [-0.05, 0) is 48.4 Å². The van der Waals surface area contributed by atoms with Crippen LogP contribution in [0.3, 0.4) is 0 Å². The molecular formula is C18H30N2. The maximum absolute atomic E-state index is 3.50. The highest BCUT2D eigenvalue weighted by molar-refractivity contribution is 5.48. The van der Waals surface area contributed by atoms with Gasteiger partial charge in [-0.25, -0.2) is 0 Å². The summed E-state index contributed by atoms with van der Waals surface area (Å²) in [7, 11) is 0. The number of nitrogens with zero attached hydrogens (tertiary/aromatic N) is 1. The molecule has 2 rings (SSSR count).